The Hall–Kier alpha value is -3.68. The van der Waals surface area contributed by atoms with Crippen LogP contribution in [0.4, 0.5) is 4.79 Å². The zero-order valence-corrected chi connectivity index (χ0v) is 21.2. The zero-order chi connectivity index (χ0) is 25.7. The number of aryl methyl sites for hydroxylation is 1. The summed E-state index contributed by atoms with van der Waals surface area (Å²) in [5.74, 6) is 0.250. The summed E-state index contributed by atoms with van der Waals surface area (Å²) in [5.41, 5.74) is 1.63. The van der Waals surface area contributed by atoms with Gasteiger partial charge in [0.1, 0.15) is 23.9 Å². The van der Waals surface area contributed by atoms with E-state index in [1.807, 2.05) is 66.2 Å². The summed E-state index contributed by atoms with van der Waals surface area (Å²) in [6, 6.07) is 16.3. The van der Waals surface area contributed by atoms with Crippen LogP contribution in [0.1, 0.15) is 57.5 Å². The van der Waals surface area contributed by atoms with Gasteiger partial charge in [0.25, 0.3) is 5.91 Å². The van der Waals surface area contributed by atoms with E-state index < -0.39 is 23.5 Å². The monoisotopic (exact) mass is 487 g/mol. The maximum absolute atomic E-state index is 13.5. The fourth-order valence-corrected chi connectivity index (χ4v) is 6.36. The van der Waals surface area contributed by atoms with Crippen molar-refractivity contribution < 1.29 is 14.4 Å². The number of rotatable bonds is 5. The third kappa shape index (κ3) is 4.25. The smallest absolute Gasteiger partial charge is 0.325 e. The quantitative estimate of drug-likeness (QED) is 0.533. The van der Waals surface area contributed by atoms with Gasteiger partial charge in [0.2, 0.25) is 5.91 Å². The van der Waals surface area contributed by atoms with Crippen LogP contribution in [-0.4, -0.2) is 44.4 Å². The minimum absolute atomic E-state index is 0.0719. The Morgan fingerprint density at radius 2 is 1.81 bits per heavy atom. The minimum Gasteiger partial charge on any atom is -0.341 e. The van der Waals surface area contributed by atoms with Crippen molar-refractivity contribution in [2.45, 2.75) is 51.6 Å². The highest BCUT2D eigenvalue weighted by Gasteiger charge is 2.56. The normalized spacial score (nSPS) is 24.2. The van der Waals surface area contributed by atoms with Crippen LogP contribution < -0.4 is 10.6 Å². The number of carbonyl (C=O) groups is 3. The highest BCUT2D eigenvalue weighted by molar-refractivity contribution is 6.09. The first kappa shape index (κ1) is 24.0. The highest BCUT2D eigenvalue weighted by Crippen LogP contribution is 2.46. The van der Waals surface area contributed by atoms with Gasteiger partial charge in [0, 0.05) is 7.05 Å². The van der Waals surface area contributed by atoms with E-state index in [9.17, 15) is 14.4 Å². The van der Waals surface area contributed by atoms with Crippen molar-refractivity contribution >= 4 is 28.9 Å². The second-order valence-electron chi connectivity index (χ2n) is 11.2. The van der Waals surface area contributed by atoms with Gasteiger partial charge in [0.15, 0.2) is 0 Å². The van der Waals surface area contributed by atoms with Gasteiger partial charge in [-0.25, -0.2) is 9.78 Å². The molecule has 1 aromatic heterocycles. The number of aromatic nitrogens is 2. The average molecular weight is 488 g/mol. The van der Waals surface area contributed by atoms with E-state index in [1.165, 1.54) is 0 Å². The van der Waals surface area contributed by atoms with Gasteiger partial charge in [-0.2, -0.15) is 0 Å². The first-order valence-electron chi connectivity index (χ1n) is 12.5. The largest absolute Gasteiger partial charge is 0.341 e. The van der Waals surface area contributed by atoms with Crippen LogP contribution in [0.25, 0.3) is 11.0 Å². The maximum atomic E-state index is 13.5. The van der Waals surface area contributed by atoms with Crippen LogP contribution in [-0.2, 0) is 16.6 Å². The molecule has 1 aliphatic heterocycles. The van der Waals surface area contributed by atoms with E-state index in [4.69, 9.17) is 4.98 Å². The second-order valence-corrected chi connectivity index (χ2v) is 11.2. The van der Waals surface area contributed by atoms with Crippen molar-refractivity contribution in [2.24, 2.45) is 18.4 Å². The van der Waals surface area contributed by atoms with Crippen molar-refractivity contribution in [3.8, 4) is 0 Å². The highest BCUT2D eigenvalue weighted by atomic mass is 16.2. The number of benzene rings is 2. The van der Waals surface area contributed by atoms with E-state index in [-0.39, 0.29) is 17.9 Å². The Bertz CT molecular complexity index is 1330. The van der Waals surface area contributed by atoms with Crippen LogP contribution in [0, 0.1) is 11.3 Å². The summed E-state index contributed by atoms with van der Waals surface area (Å²) in [4.78, 5) is 45.6. The summed E-state index contributed by atoms with van der Waals surface area (Å²) in [5, 5.41) is 5.98. The molecule has 8 nitrogen and oxygen atoms in total. The number of imide groups is 1. The van der Waals surface area contributed by atoms with E-state index in [0.717, 1.165) is 27.9 Å². The van der Waals surface area contributed by atoms with Crippen LogP contribution in [0.5, 0.6) is 0 Å². The van der Waals surface area contributed by atoms with Crippen molar-refractivity contribution in [3.05, 3.63) is 66.0 Å². The summed E-state index contributed by atoms with van der Waals surface area (Å²) < 4.78 is 1.96. The number of hydrogen-bond donors (Lipinski definition) is 2. The van der Waals surface area contributed by atoms with Gasteiger partial charge < -0.3 is 15.2 Å². The van der Waals surface area contributed by atoms with Gasteiger partial charge in [-0.1, -0.05) is 63.2 Å². The lowest BCUT2D eigenvalue weighted by Gasteiger charge is -2.43. The van der Waals surface area contributed by atoms with Gasteiger partial charge >= 0.3 is 6.03 Å². The summed E-state index contributed by atoms with van der Waals surface area (Å²) in [6.45, 7) is 6.02. The minimum atomic E-state index is -0.936. The van der Waals surface area contributed by atoms with Crippen LogP contribution in [0.2, 0.25) is 0 Å². The molecule has 36 heavy (non-hydrogen) atoms. The average Bonchev–Trinajstić information content (AvgIpc) is 3.25. The fourth-order valence-electron chi connectivity index (χ4n) is 6.36. The van der Waals surface area contributed by atoms with E-state index in [2.05, 4.69) is 31.4 Å². The fraction of sp³-hybridized carbons (Fsp3) is 0.429. The third-order valence-corrected chi connectivity index (χ3v) is 7.44. The molecule has 2 heterocycles. The molecule has 3 atom stereocenters. The summed E-state index contributed by atoms with van der Waals surface area (Å²) >= 11 is 0. The predicted molar refractivity (Wildman–Crippen MR) is 137 cm³/mol. The molecule has 0 bridgehead atoms. The molecule has 2 aromatic carbocycles. The van der Waals surface area contributed by atoms with Crippen molar-refractivity contribution in [1.29, 1.82) is 0 Å². The Balaban J connectivity index is 1.40. The lowest BCUT2D eigenvalue weighted by atomic mass is 9.64. The number of hydrogen-bond acceptors (Lipinski definition) is 4. The second kappa shape index (κ2) is 8.76. The number of imidazole rings is 1. The molecule has 0 radical (unpaired) electrons. The number of fused-ring (bicyclic) bond motifs is 1. The third-order valence-electron chi connectivity index (χ3n) is 7.44. The molecule has 3 aromatic rings. The first-order chi connectivity index (χ1) is 17.1. The van der Waals surface area contributed by atoms with E-state index in [1.54, 1.807) is 0 Å². The van der Waals surface area contributed by atoms with E-state index >= 15 is 0 Å². The number of amides is 4. The number of nitrogens with zero attached hydrogens (tertiary/aromatic N) is 3. The molecular weight excluding hydrogens is 454 g/mol. The molecular formula is C28H33N5O3. The standard InChI is InChI=1S/C28H33N5O3/c1-18-14-27(2,3)17-28(15-18)25(35)33(26(36)31-28)16-22(34)30-23(19-10-6-5-7-11-19)24-29-20-12-8-9-13-21(20)32(24)4/h5-13,18,23H,14-17H2,1-4H3,(H,30,34)(H,31,36). The van der Waals surface area contributed by atoms with Crippen molar-refractivity contribution in [2.75, 3.05) is 6.54 Å². The molecule has 5 rings (SSSR count). The first-order valence-corrected chi connectivity index (χ1v) is 12.5. The molecule has 1 spiro atoms. The SMILES string of the molecule is CC1CC(C)(C)CC2(C1)NC(=O)N(CC(=O)NC(c1ccccc1)c1nc3ccccc3n1C)C2=O. The number of nitrogens with one attached hydrogen (secondary N) is 2. The lowest BCUT2D eigenvalue weighted by Crippen LogP contribution is -2.54. The molecule has 2 fully saturated rings. The van der Waals surface area contributed by atoms with Crippen LogP contribution >= 0.6 is 0 Å². The van der Waals surface area contributed by atoms with Gasteiger partial charge in [-0.05, 0) is 48.3 Å². The van der Waals surface area contributed by atoms with Gasteiger partial charge in [0.05, 0.1) is 11.0 Å². The Morgan fingerprint density at radius 1 is 1.11 bits per heavy atom. The molecule has 1 aliphatic carbocycles. The lowest BCUT2D eigenvalue weighted by molar-refractivity contribution is -0.137. The van der Waals surface area contributed by atoms with Crippen LogP contribution in [0.3, 0.4) is 0 Å². The number of carbonyl (C=O) groups excluding carboxylic acids is 3. The summed E-state index contributed by atoms with van der Waals surface area (Å²) in [7, 11) is 1.92. The molecule has 188 valence electrons. The van der Waals surface area contributed by atoms with Crippen LogP contribution in [0.15, 0.2) is 54.6 Å². The maximum Gasteiger partial charge on any atom is 0.325 e. The zero-order valence-electron chi connectivity index (χ0n) is 21.2. The molecule has 1 saturated heterocycles. The Morgan fingerprint density at radius 3 is 2.50 bits per heavy atom. The van der Waals surface area contributed by atoms with Gasteiger partial charge in [-0.3, -0.25) is 14.5 Å². The molecule has 8 heteroatoms. The molecule has 3 unspecified atom stereocenters. The molecule has 2 aliphatic rings. The van der Waals surface area contributed by atoms with Gasteiger partial charge in [-0.15, -0.1) is 0 Å². The number of urea groups is 1. The summed E-state index contributed by atoms with van der Waals surface area (Å²) in [6.07, 6.45) is 2.15. The topological polar surface area (TPSA) is 96.3 Å². The molecule has 1 saturated carbocycles. The van der Waals surface area contributed by atoms with E-state index in [0.29, 0.717) is 24.6 Å². The Labute approximate surface area is 211 Å². The number of para-hydroxylation sites is 2. The van der Waals surface area contributed by atoms with Crippen molar-refractivity contribution in [3.63, 3.8) is 0 Å². The predicted octanol–water partition coefficient (Wildman–Crippen LogP) is 3.92. The van der Waals surface area contributed by atoms with Crippen molar-refractivity contribution in [1.82, 2.24) is 25.1 Å². The molecule has 4 amide bonds. The Kier molecular flexibility index (Phi) is 5.85. The molecule has 2 N–H and O–H groups in total.